The lowest BCUT2D eigenvalue weighted by Crippen LogP contribution is -2.00. The maximum absolute atomic E-state index is 5.02. The van der Waals surface area contributed by atoms with Crippen molar-refractivity contribution < 1.29 is 0 Å². The summed E-state index contributed by atoms with van der Waals surface area (Å²) in [7, 11) is 0. The Morgan fingerprint density at radius 1 is 0.345 bits per heavy atom. The molecule has 0 aliphatic carbocycles. The van der Waals surface area contributed by atoms with Crippen LogP contribution >= 0.6 is 0 Å². The monoisotopic (exact) mass is 740 g/mol. The molecule has 270 valence electrons. The molecule has 0 atom stereocenters. The van der Waals surface area contributed by atoms with Gasteiger partial charge >= 0.3 is 0 Å². The van der Waals surface area contributed by atoms with Crippen molar-refractivity contribution in [1.82, 2.24) is 29.1 Å². The molecule has 0 unspecified atom stereocenters. The van der Waals surface area contributed by atoms with Crippen LogP contribution in [0.25, 0.3) is 111 Å². The molecule has 0 bridgehead atoms. The summed E-state index contributed by atoms with van der Waals surface area (Å²) < 4.78 is 4.80. The predicted molar refractivity (Wildman–Crippen MR) is 237 cm³/mol. The molecule has 0 saturated carbocycles. The number of benzene rings is 8. The lowest BCUT2D eigenvalue weighted by Gasteiger charge is -2.14. The molecule has 8 aromatic carbocycles. The van der Waals surface area contributed by atoms with Crippen LogP contribution in [-0.2, 0) is 0 Å². The lowest BCUT2D eigenvalue weighted by atomic mass is 10.00. The summed E-state index contributed by atoms with van der Waals surface area (Å²) in [6.45, 7) is 0. The largest absolute Gasteiger partial charge is 0.307 e. The number of hydrogen-bond acceptors (Lipinski definition) is 4. The van der Waals surface area contributed by atoms with Crippen LogP contribution in [0.3, 0.4) is 0 Å². The Balaban J connectivity index is 1.08. The van der Waals surface area contributed by atoms with E-state index in [-0.39, 0.29) is 0 Å². The van der Waals surface area contributed by atoms with Crippen LogP contribution in [0.15, 0.2) is 194 Å². The minimum atomic E-state index is 0.629. The number of para-hydroxylation sites is 1. The third-order valence-electron chi connectivity index (χ3n) is 11.3. The van der Waals surface area contributed by atoms with Crippen LogP contribution in [0.4, 0.5) is 0 Å². The first-order valence-corrected chi connectivity index (χ1v) is 19.5. The second-order valence-corrected chi connectivity index (χ2v) is 14.7. The van der Waals surface area contributed by atoms with Crippen molar-refractivity contribution in [1.29, 1.82) is 0 Å². The van der Waals surface area contributed by atoms with Gasteiger partial charge in [0.15, 0.2) is 17.5 Å². The highest BCUT2D eigenvalue weighted by atomic mass is 15.1. The molecular weight excluding hydrogens is 709 g/mol. The highest BCUT2D eigenvalue weighted by Gasteiger charge is 2.24. The summed E-state index contributed by atoms with van der Waals surface area (Å²) in [5.41, 5.74) is 10.7. The van der Waals surface area contributed by atoms with E-state index in [1.165, 1.54) is 43.4 Å². The Morgan fingerprint density at radius 3 is 1.71 bits per heavy atom. The van der Waals surface area contributed by atoms with Crippen LogP contribution in [0.2, 0.25) is 0 Å². The van der Waals surface area contributed by atoms with E-state index in [2.05, 4.69) is 130 Å². The third-order valence-corrected chi connectivity index (χ3v) is 11.3. The number of fused-ring (bicyclic) bond motifs is 4. The molecule has 0 amide bonds. The Morgan fingerprint density at radius 2 is 0.948 bits per heavy atom. The van der Waals surface area contributed by atoms with Gasteiger partial charge in [0.05, 0.1) is 22.1 Å². The Kier molecular flexibility index (Phi) is 7.13. The van der Waals surface area contributed by atoms with Crippen molar-refractivity contribution in [2.24, 2.45) is 0 Å². The van der Waals surface area contributed by atoms with Gasteiger partial charge in [-0.15, -0.1) is 0 Å². The van der Waals surface area contributed by atoms with Crippen LogP contribution in [-0.4, -0.2) is 29.1 Å². The van der Waals surface area contributed by atoms with Gasteiger partial charge in [-0.1, -0.05) is 140 Å². The number of hydrogen-bond donors (Lipinski definition) is 0. The zero-order valence-corrected chi connectivity index (χ0v) is 31.2. The predicted octanol–water partition coefficient (Wildman–Crippen LogP) is 12.7. The minimum absolute atomic E-state index is 0.629. The smallest absolute Gasteiger partial charge is 0.164 e. The topological polar surface area (TPSA) is 61.4 Å². The van der Waals surface area contributed by atoms with Gasteiger partial charge < -0.3 is 4.57 Å². The number of nitrogens with zero attached hydrogens (tertiary/aromatic N) is 6. The fraction of sp³-hybridized carbons (Fsp3) is 0. The van der Waals surface area contributed by atoms with Gasteiger partial charge in [-0.3, -0.25) is 4.57 Å². The maximum Gasteiger partial charge on any atom is 0.164 e. The average Bonchev–Trinajstić information content (AvgIpc) is 3.83. The zero-order valence-electron chi connectivity index (χ0n) is 31.2. The number of aromatic nitrogens is 6. The van der Waals surface area contributed by atoms with Crippen LogP contribution < -0.4 is 0 Å². The molecule has 6 heteroatoms. The summed E-state index contributed by atoms with van der Waals surface area (Å²) in [4.78, 5) is 19.9. The van der Waals surface area contributed by atoms with Crippen molar-refractivity contribution in [2.45, 2.75) is 0 Å². The van der Waals surface area contributed by atoms with Crippen molar-refractivity contribution >= 4 is 54.4 Å². The molecule has 4 heterocycles. The van der Waals surface area contributed by atoms with E-state index in [1.54, 1.807) is 0 Å². The summed E-state index contributed by atoms with van der Waals surface area (Å²) in [5.74, 6) is 2.80. The molecule has 0 N–H and O–H groups in total. The molecule has 0 aliphatic rings. The molecular formula is C52H32N6. The van der Waals surface area contributed by atoms with Crippen LogP contribution in [0.1, 0.15) is 0 Å². The van der Waals surface area contributed by atoms with E-state index in [0.717, 1.165) is 50.4 Å². The number of rotatable bonds is 6. The summed E-state index contributed by atoms with van der Waals surface area (Å²) in [6.07, 6.45) is 1.88. The molecule has 6 nitrogen and oxygen atoms in total. The van der Waals surface area contributed by atoms with E-state index in [9.17, 15) is 0 Å². The lowest BCUT2D eigenvalue weighted by molar-refractivity contribution is 1.07. The van der Waals surface area contributed by atoms with Crippen LogP contribution in [0.5, 0.6) is 0 Å². The average molecular weight is 741 g/mol. The summed E-state index contributed by atoms with van der Waals surface area (Å²) >= 11 is 0. The minimum Gasteiger partial charge on any atom is -0.307 e. The van der Waals surface area contributed by atoms with Crippen molar-refractivity contribution in [3.8, 4) is 56.8 Å². The van der Waals surface area contributed by atoms with E-state index < -0.39 is 0 Å². The molecule has 58 heavy (non-hydrogen) atoms. The Bertz CT molecular complexity index is 3440. The Labute approximate surface area is 333 Å². The first-order valence-electron chi connectivity index (χ1n) is 19.5. The van der Waals surface area contributed by atoms with Gasteiger partial charge in [-0.2, -0.15) is 0 Å². The highest BCUT2D eigenvalue weighted by molar-refractivity contribution is 6.32. The van der Waals surface area contributed by atoms with E-state index >= 15 is 0 Å². The molecule has 12 rings (SSSR count). The van der Waals surface area contributed by atoms with Gasteiger partial charge in [0.2, 0.25) is 0 Å². The first kappa shape index (κ1) is 32.3. The zero-order chi connectivity index (χ0) is 38.2. The van der Waals surface area contributed by atoms with Crippen molar-refractivity contribution in [3.05, 3.63) is 194 Å². The molecule has 12 aromatic rings. The van der Waals surface area contributed by atoms with Gasteiger partial charge in [0.1, 0.15) is 5.82 Å². The van der Waals surface area contributed by atoms with E-state index in [4.69, 9.17) is 19.9 Å². The van der Waals surface area contributed by atoms with E-state index in [1.807, 2.05) is 72.9 Å². The molecule has 4 aromatic heterocycles. The third kappa shape index (κ3) is 4.98. The molecule has 0 fully saturated rings. The fourth-order valence-electron chi connectivity index (χ4n) is 8.79. The van der Waals surface area contributed by atoms with Crippen LogP contribution in [0, 0.1) is 0 Å². The SMILES string of the molecule is c1ccc(-c2nc(-c3ccccc3)nc(-c3cccc(-c4cccc(-n5c6cccc7ccc8cc9c%10ccccc%10n(-c%10ccccn%10)c9c5c8c76)c4)c3)n2)cc1. The van der Waals surface area contributed by atoms with Gasteiger partial charge in [-0.25, -0.2) is 19.9 Å². The molecule has 0 radical (unpaired) electrons. The van der Waals surface area contributed by atoms with Crippen molar-refractivity contribution in [2.75, 3.05) is 0 Å². The second-order valence-electron chi connectivity index (χ2n) is 14.7. The summed E-state index contributed by atoms with van der Waals surface area (Å²) in [5, 5.41) is 7.37. The number of pyridine rings is 1. The normalized spacial score (nSPS) is 11.8. The first-order chi connectivity index (χ1) is 28.8. The van der Waals surface area contributed by atoms with Gasteiger partial charge in [0.25, 0.3) is 0 Å². The quantitative estimate of drug-likeness (QED) is 0.159. The van der Waals surface area contributed by atoms with Gasteiger partial charge in [-0.05, 0) is 70.4 Å². The molecule has 0 spiro atoms. The molecule has 0 saturated heterocycles. The maximum atomic E-state index is 5.02. The standard InChI is InChI=1S/C52H32N6/c1-3-14-34(15-4-1)50-54-51(35-16-5-2-6-17-35)56-52(55-50)39-21-11-19-36(30-39)37-20-12-22-40(31-37)57-44-25-13-18-33-27-28-38-32-42-41-23-7-8-24-43(41)58(45-26-9-10-29-53-45)48(42)49(57)47(38)46(33)44/h1-32H. The van der Waals surface area contributed by atoms with Crippen molar-refractivity contribution in [3.63, 3.8) is 0 Å². The van der Waals surface area contributed by atoms with Gasteiger partial charge in [0, 0.05) is 50.1 Å². The fourth-order valence-corrected chi connectivity index (χ4v) is 8.79. The Hall–Kier alpha value is -7.96. The molecule has 0 aliphatic heterocycles. The second kappa shape index (κ2) is 12.8. The highest BCUT2D eigenvalue weighted by Crippen LogP contribution is 2.46. The van der Waals surface area contributed by atoms with E-state index in [0.29, 0.717) is 17.5 Å². The summed E-state index contributed by atoms with van der Waals surface area (Å²) in [6, 6.07) is 66.0.